The number of anilines is 1. The number of nitrogens with zero attached hydrogens (tertiary/aromatic N) is 1. The summed E-state index contributed by atoms with van der Waals surface area (Å²) in [5.41, 5.74) is -2.09. The number of carbonyl (C=O) groups excluding carboxylic acids is 1. The largest absolute Gasteiger partial charge is 0.488 e. The van der Waals surface area contributed by atoms with Crippen LogP contribution in [0, 0.1) is 24.5 Å². The fourth-order valence-electron chi connectivity index (χ4n) is 3.96. The first-order valence-electron chi connectivity index (χ1n) is 10.1. The smallest absolute Gasteiger partial charge is 0.417 e. The van der Waals surface area contributed by atoms with Crippen molar-refractivity contribution < 1.29 is 41.3 Å². The van der Waals surface area contributed by atoms with Crippen LogP contribution in [0.3, 0.4) is 0 Å². The van der Waals surface area contributed by atoms with Crippen LogP contribution in [0.1, 0.15) is 31.0 Å². The van der Waals surface area contributed by atoms with Gasteiger partial charge in [0.25, 0.3) is 5.91 Å². The number of rotatable bonds is 6. The first-order chi connectivity index (χ1) is 15.4. The second-order valence-corrected chi connectivity index (χ2v) is 7.98. The second kappa shape index (κ2) is 9.22. The lowest BCUT2D eigenvalue weighted by molar-refractivity contribution is -0.272. The number of nitrogens with one attached hydrogen (secondary N) is 1. The summed E-state index contributed by atoms with van der Waals surface area (Å²) in [6, 6.07) is 4.78. The van der Waals surface area contributed by atoms with E-state index in [1.807, 2.05) is 0 Å². The molecule has 0 saturated carbocycles. The van der Waals surface area contributed by atoms with E-state index in [0.29, 0.717) is 5.69 Å². The van der Waals surface area contributed by atoms with Gasteiger partial charge in [-0.1, -0.05) is 13.0 Å². The first-order valence-corrected chi connectivity index (χ1v) is 10.1. The maximum Gasteiger partial charge on any atom is 0.417 e. The molecule has 1 saturated heterocycles. The molecule has 1 aromatic carbocycles. The molecule has 6 nitrogen and oxygen atoms in total. The van der Waals surface area contributed by atoms with Gasteiger partial charge in [-0.25, -0.2) is 4.39 Å². The summed E-state index contributed by atoms with van der Waals surface area (Å²) >= 11 is 0. The summed E-state index contributed by atoms with van der Waals surface area (Å²) in [6.07, 6.45) is -5.16. The van der Waals surface area contributed by atoms with Crippen molar-refractivity contribution >= 4 is 11.6 Å². The van der Waals surface area contributed by atoms with E-state index < -0.39 is 66.2 Å². The minimum Gasteiger partial charge on any atom is -0.488 e. The standard InChI is InChI=1S/C22H23F5N2O4/c1-11-10-13(6-7-28-11)29-20(31)19-16(12(2)21(3,33-19)22(25,26)27)14-4-5-15(23)17(24)18(14)32-9-8-30/h4-7,10,12,16,19,30H,8-9H2,1-3H3,(H,28,29,31)/t12-,16-,19+,21+/m0/s1. The zero-order valence-electron chi connectivity index (χ0n) is 18.0. The van der Waals surface area contributed by atoms with E-state index >= 15 is 0 Å². The Balaban J connectivity index is 2.09. The first kappa shape index (κ1) is 24.8. The van der Waals surface area contributed by atoms with E-state index in [1.165, 1.54) is 25.3 Å². The fourth-order valence-corrected chi connectivity index (χ4v) is 3.96. The molecule has 2 N–H and O–H groups in total. The molecule has 3 rings (SSSR count). The van der Waals surface area contributed by atoms with E-state index in [0.717, 1.165) is 19.1 Å². The van der Waals surface area contributed by atoms with E-state index in [1.54, 1.807) is 6.92 Å². The highest BCUT2D eigenvalue weighted by atomic mass is 19.4. The summed E-state index contributed by atoms with van der Waals surface area (Å²) < 4.78 is 80.8. The maximum absolute atomic E-state index is 14.6. The number of halogens is 5. The molecule has 0 unspecified atom stereocenters. The van der Waals surface area contributed by atoms with E-state index in [-0.39, 0.29) is 11.3 Å². The Morgan fingerprint density at radius 1 is 1.30 bits per heavy atom. The van der Waals surface area contributed by atoms with Gasteiger partial charge in [0.1, 0.15) is 12.7 Å². The number of hydrogen-bond acceptors (Lipinski definition) is 5. The van der Waals surface area contributed by atoms with Crippen molar-refractivity contribution in [1.82, 2.24) is 4.98 Å². The van der Waals surface area contributed by atoms with E-state index in [2.05, 4.69) is 10.3 Å². The summed E-state index contributed by atoms with van der Waals surface area (Å²) in [4.78, 5) is 17.1. The lowest BCUT2D eigenvalue weighted by Crippen LogP contribution is -2.47. The molecule has 1 aliphatic rings. The van der Waals surface area contributed by atoms with Gasteiger partial charge in [0, 0.05) is 35.0 Å². The summed E-state index contributed by atoms with van der Waals surface area (Å²) in [6.45, 7) is 2.72. The van der Waals surface area contributed by atoms with E-state index in [9.17, 15) is 26.7 Å². The number of alkyl halides is 3. The molecule has 1 amide bonds. The highest BCUT2D eigenvalue weighted by Gasteiger charge is 2.65. The SMILES string of the molecule is Cc1cc(NC(=O)[C@@H]2O[C@@](C)(C(F)(F)F)[C@@H](C)[C@H]2c2ccc(F)c(F)c2OCCO)ccn1. The molecule has 1 fully saturated rings. The molecule has 0 radical (unpaired) electrons. The van der Waals surface area contributed by atoms with Gasteiger partial charge in [-0.3, -0.25) is 9.78 Å². The van der Waals surface area contributed by atoms with Gasteiger partial charge in [-0.2, -0.15) is 17.6 Å². The Morgan fingerprint density at radius 3 is 2.61 bits per heavy atom. The zero-order chi connectivity index (χ0) is 24.6. The minimum atomic E-state index is -4.86. The van der Waals surface area contributed by atoms with E-state index in [4.69, 9.17) is 14.6 Å². The monoisotopic (exact) mass is 474 g/mol. The van der Waals surface area contributed by atoms with Crippen LogP contribution < -0.4 is 10.1 Å². The molecule has 4 atom stereocenters. The highest BCUT2D eigenvalue weighted by molar-refractivity contribution is 5.95. The van der Waals surface area contributed by atoms with Crippen molar-refractivity contribution in [1.29, 1.82) is 0 Å². The molecule has 180 valence electrons. The normalized spacial score (nSPS) is 25.2. The predicted octanol–water partition coefficient (Wildman–Crippen LogP) is 4.12. The number of carbonyl (C=O) groups is 1. The maximum atomic E-state index is 14.6. The van der Waals surface area contributed by atoms with Gasteiger partial charge in [-0.15, -0.1) is 0 Å². The van der Waals surface area contributed by atoms with Crippen LogP contribution in [-0.4, -0.2) is 47.1 Å². The summed E-state index contributed by atoms with van der Waals surface area (Å²) in [5.74, 6) is -7.02. The quantitative estimate of drug-likeness (QED) is 0.616. The third kappa shape index (κ3) is 4.65. The average molecular weight is 474 g/mol. The van der Waals surface area contributed by atoms with Crippen LogP contribution in [0.2, 0.25) is 0 Å². The Hall–Kier alpha value is -2.79. The minimum absolute atomic E-state index is 0.172. The van der Waals surface area contributed by atoms with Crippen LogP contribution in [-0.2, 0) is 9.53 Å². The summed E-state index contributed by atoms with van der Waals surface area (Å²) in [7, 11) is 0. The number of aryl methyl sites for hydroxylation is 1. The van der Waals surface area contributed by atoms with Crippen LogP contribution in [0.4, 0.5) is 27.6 Å². The predicted molar refractivity (Wildman–Crippen MR) is 108 cm³/mol. The van der Waals surface area contributed by atoms with Crippen molar-refractivity contribution in [2.24, 2.45) is 5.92 Å². The number of aliphatic hydroxyl groups is 1. The Bertz CT molecular complexity index is 1030. The Kier molecular flexibility index (Phi) is 6.94. The highest BCUT2D eigenvalue weighted by Crippen LogP contribution is 2.55. The van der Waals surface area contributed by atoms with Crippen molar-refractivity contribution in [2.75, 3.05) is 18.5 Å². The van der Waals surface area contributed by atoms with Gasteiger partial charge in [0.2, 0.25) is 5.82 Å². The Morgan fingerprint density at radius 2 is 2.00 bits per heavy atom. The molecule has 1 aliphatic heterocycles. The second-order valence-electron chi connectivity index (χ2n) is 7.98. The molecule has 2 heterocycles. The van der Waals surface area contributed by atoms with Gasteiger partial charge in [0.05, 0.1) is 6.61 Å². The molecular formula is C22H23F5N2O4. The van der Waals surface area contributed by atoms with Crippen LogP contribution >= 0.6 is 0 Å². The molecule has 0 bridgehead atoms. The lowest BCUT2D eigenvalue weighted by atomic mass is 9.77. The topological polar surface area (TPSA) is 80.7 Å². The number of hydrogen-bond donors (Lipinski definition) is 2. The molecule has 2 aromatic rings. The summed E-state index contributed by atoms with van der Waals surface area (Å²) in [5, 5.41) is 11.5. The van der Waals surface area contributed by atoms with Crippen LogP contribution in [0.15, 0.2) is 30.5 Å². The van der Waals surface area contributed by atoms with Crippen LogP contribution in [0.25, 0.3) is 0 Å². The molecular weight excluding hydrogens is 451 g/mol. The number of aromatic nitrogens is 1. The number of aliphatic hydroxyl groups excluding tert-OH is 1. The van der Waals surface area contributed by atoms with Gasteiger partial charge in [-0.05, 0) is 32.0 Å². The molecule has 0 aliphatic carbocycles. The molecule has 33 heavy (non-hydrogen) atoms. The lowest BCUT2D eigenvalue weighted by Gasteiger charge is -2.32. The van der Waals surface area contributed by atoms with Gasteiger partial charge in [0.15, 0.2) is 17.2 Å². The number of benzene rings is 1. The molecule has 11 heteroatoms. The van der Waals surface area contributed by atoms with Gasteiger partial charge >= 0.3 is 6.18 Å². The van der Waals surface area contributed by atoms with Crippen LogP contribution in [0.5, 0.6) is 5.75 Å². The Labute approximate surface area is 186 Å². The van der Waals surface area contributed by atoms with Gasteiger partial charge < -0.3 is 19.9 Å². The third-order valence-electron chi connectivity index (χ3n) is 5.87. The number of amides is 1. The number of pyridine rings is 1. The van der Waals surface area contributed by atoms with Crippen molar-refractivity contribution in [3.05, 3.63) is 53.4 Å². The third-order valence-corrected chi connectivity index (χ3v) is 5.87. The van der Waals surface area contributed by atoms with Crippen molar-refractivity contribution in [3.8, 4) is 5.75 Å². The molecule has 0 spiro atoms. The molecule has 1 aromatic heterocycles. The number of ether oxygens (including phenoxy) is 2. The van der Waals surface area contributed by atoms with Crippen molar-refractivity contribution in [3.63, 3.8) is 0 Å². The fraction of sp³-hybridized carbons (Fsp3) is 0.455. The van der Waals surface area contributed by atoms with Crippen molar-refractivity contribution in [2.45, 2.75) is 44.6 Å². The average Bonchev–Trinajstić information content (AvgIpc) is 3.01. The zero-order valence-corrected chi connectivity index (χ0v) is 18.0.